The number of Topliss-reactive ketones (excluding diaryl/α,β-unsaturated/α-hetero) is 1. The van der Waals surface area contributed by atoms with Crippen LogP contribution in [0.15, 0.2) is 11.1 Å². The van der Waals surface area contributed by atoms with Crippen molar-refractivity contribution in [2.24, 2.45) is 0 Å². The van der Waals surface area contributed by atoms with Crippen molar-refractivity contribution in [3.8, 4) is 0 Å². The molecule has 1 aliphatic carbocycles. The Balaban J connectivity index is 2.80. The van der Waals surface area contributed by atoms with Gasteiger partial charge in [-0.2, -0.15) is 0 Å². The standard InChI is InChI=1S/C11H18O/c1-3-9(4-2)10-7-5-6-8-11(10)12/h3-8H2,1-2H3. The molecule has 0 atom stereocenters. The van der Waals surface area contributed by atoms with Crippen LogP contribution in [0.1, 0.15) is 52.4 Å². The maximum absolute atomic E-state index is 11.5. The zero-order valence-electron chi connectivity index (χ0n) is 8.15. The Morgan fingerprint density at radius 2 is 1.75 bits per heavy atom. The number of rotatable bonds is 2. The highest BCUT2D eigenvalue weighted by molar-refractivity contribution is 5.96. The third-order valence-corrected chi connectivity index (χ3v) is 2.70. The molecule has 68 valence electrons. The lowest BCUT2D eigenvalue weighted by atomic mass is 9.88. The number of carbonyl (C=O) groups is 1. The van der Waals surface area contributed by atoms with E-state index in [0.717, 1.165) is 37.7 Å². The molecule has 0 bridgehead atoms. The minimum Gasteiger partial charge on any atom is -0.295 e. The molecule has 1 saturated carbocycles. The Bertz CT molecular complexity index is 195. The number of hydrogen-bond donors (Lipinski definition) is 0. The monoisotopic (exact) mass is 166 g/mol. The van der Waals surface area contributed by atoms with Crippen molar-refractivity contribution < 1.29 is 4.79 Å². The van der Waals surface area contributed by atoms with Gasteiger partial charge in [-0.05, 0) is 37.7 Å². The van der Waals surface area contributed by atoms with Gasteiger partial charge in [0.1, 0.15) is 0 Å². The highest BCUT2D eigenvalue weighted by Gasteiger charge is 2.17. The lowest BCUT2D eigenvalue weighted by Crippen LogP contribution is -2.10. The molecule has 12 heavy (non-hydrogen) atoms. The van der Waals surface area contributed by atoms with Crippen molar-refractivity contribution in [3.05, 3.63) is 11.1 Å². The Labute approximate surface area is 74.9 Å². The van der Waals surface area contributed by atoms with E-state index in [9.17, 15) is 4.79 Å². The highest BCUT2D eigenvalue weighted by Crippen LogP contribution is 2.25. The molecule has 1 fully saturated rings. The summed E-state index contributed by atoms with van der Waals surface area (Å²) in [5, 5.41) is 0. The van der Waals surface area contributed by atoms with Crippen LogP contribution in [0, 0.1) is 0 Å². The van der Waals surface area contributed by atoms with Gasteiger partial charge in [-0.3, -0.25) is 4.79 Å². The summed E-state index contributed by atoms with van der Waals surface area (Å²) in [7, 11) is 0. The molecule has 0 unspecified atom stereocenters. The normalized spacial score (nSPS) is 18.2. The van der Waals surface area contributed by atoms with Crippen molar-refractivity contribution >= 4 is 5.78 Å². The summed E-state index contributed by atoms with van der Waals surface area (Å²) in [5.41, 5.74) is 2.55. The van der Waals surface area contributed by atoms with E-state index in [4.69, 9.17) is 0 Å². The predicted octanol–water partition coefficient (Wildman–Crippen LogP) is 3.25. The Kier molecular flexibility index (Phi) is 3.51. The molecule has 0 aromatic carbocycles. The summed E-state index contributed by atoms with van der Waals surface area (Å²) in [6.07, 6.45) is 6.25. The predicted molar refractivity (Wildman–Crippen MR) is 51.1 cm³/mol. The number of hydrogen-bond acceptors (Lipinski definition) is 1. The number of carbonyl (C=O) groups excluding carboxylic acids is 1. The van der Waals surface area contributed by atoms with Crippen LogP contribution in [0.2, 0.25) is 0 Å². The van der Waals surface area contributed by atoms with Gasteiger partial charge in [0.25, 0.3) is 0 Å². The third kappa shape index (κ3) is 1.96. The second kappa shape index (κ2) is 4.44. The Morgan fingerprint density at radius 3 is 2.25 bits per heavy atom. The van der Waals surface area contributed by atoms with Crippen molar-refractivity contribution in [1.82, 2.24) is 0 Å². The van der Waals surface area contributed by atoms with E-state index < -0.39 is 0 Å². The molecule has 0 radical (unpaired) electrons. The first-order valence-corrected chi connectivity index (χ1v) is 5.03. The van der Waals surface area contributed by atoms with Gasteiger partial charge in [0.2, 0.25) is 0 Å². The zero-order chi connectivity index (χ0) is 8.97. The van der Waals surface area contributed by atoms with Crippen LogP contribution in [0.3, 0.4) is 0 Å². The lowest BCUT2D eigenvalue weighted by molar-refractivity contribution is -0.116. The SMILES string of the molecule is CCC(CC)=C1CCCCC1=O. The Hall–Kier alpha value is -0.590. The average molecular weight is 166 g/mol. The number of ketones is 1. The van der Waals surface area contributed by atoms with Crippen molar-refractivity contribution in [3.63, 3.8) is 0 Å². The maximum Gasteiger partial charge on any atom is 0.158 e. The molecule has 0 aliphatic heterocycles. The van der Waals surface area contributed by atoms with Crippen LogP contribution in [0.4, 0.5) is 0 Å². The molecule has 1 nitrogen and oxygen atoms in total. The smallest absolute Gasteiger partial charge is 0.158 e. The Morgan fingerprint density at radius 1 is 1.17 bits per heavy atom. The first kappa shape index (κ1) is 9.50. The lowest BCUT2D eigenvalue weighted by Gasteiger charge is -2.16. The zero-order valence-corrected chi connectivity index (χ0v) is 8.15. The topological polar surface area (TPSA) is 17.1 Å². The molecule has 0 amide bonds. The molecule has 0 N–H and O–H groups in total. The molecule has 0 heterocycles. The molecule has 0 spiro atoms. The second-order valence-electron chi connectivity index (χ2n) is 3.42. The molecule has 1 aliphatic rings. The van der Waals surface area contributed by atoms with Crippen LogP contribution in [0.25, 0.3) is 0 Å². The molecular weight excluding hydrogens is 148 g/mol. The summed E-state index contributed by atoms with van der Waals surface area (Å²) in [6.45, 7) is 4.29. The number of allylic oxidation sites excluding steroid dienone is 2. The van der Waals surface area contributed by atoms with Crippen molar-refractivity contribution in [2.45, 2.75) is 52.4 Å². The summed E-state index contributed by atoms with van der Waals surface area (Å²) < 4.78 is 0. The fraction of sp³-hybridized carbons (Fsp3) is 0.727. The molecule has 0 saturated heterocycles. The van der Waals surface area contributed by atoms with E-state index in [1.165, 1.54) is 12.0 Å². The van der Waals surface area contributed by atoms with Crippen LogP contribution >= 0.6 is 0 Å². The van der Waals surface area contributed by atoms with Crippen molar-refractivity contribution in [2.75, 3.05) is 0 Å². The van der Waals surface area contributed by atoms with Gasteiger partial charge < -0.3 is 0 Å². The summed E-state index contributed by atoms with van der Waals surface area (Å²) in [6, 6.07) is 0. The molecule has 1 heteroatoms. The summed E-state index contributed by atoms with van der Waals surface area (Å²) in [5.74, 6) is 0.417. The molecular formula is C11H18O. The van der Waals surface area contributed by atoms with E-state index >= 15 is 0 Å². The van der Waals surface area contributed by atoms with E-state index in [-0.39, 0.29) is 0 Å². The second-order valence-corrected chi connectivity index (χ2v) is 3.42. The third-order valence-electron chi connectivity index (χ3n) is 2.70. The highest BCUT2D eigenvalue weighted by atomic mass is 16.1. The van der Waals surface area contributed by atoms with Crippen LogP contribution < -0.4 is 0 Å². The fourth-order valence-electron chi connectivity index (χ4n) is 1.93. The molecule has 0 aromatic heterocycles. The van der Waals surface area contributed by atoms with Gasteiger partial charge in [0.05, 0.1) is 0 Å². The van der Waals surface area contributed by atoms with E-state index in [1.54, 1.807) is 0 Å². The summed E-state index contributed by atoms with van der Waals surface area (Å²) >= 11 is 0. The first-order valence-electron chi connectivity index (χ1n) is 5.03. The van der Waals surface area contributed by atoms with Gasteiger partial charge in [-0.25, -0.2) is 0 Å². The largest absolute Gasteiger partial charge is 0.295 e. The maximum atomic E-state index is 11.5. The van der Waals surface area contributed by atoms with Gasteiger partial charge in [0, 0.05) is 6.42 Å². The quantitative estimate of drug-likeness (QED) is 0.575. The molecule has 1 rings (SSSR count). The fourth-order valence-corrected chi connectivity index (χ4v) is 1.93. The van der Waals surface area contributed by atoms with Gasteiger partial charge in [-0.15, -0.1) is 0 Å². The van der Waals surface area contributed by atoms with Gasteiger partial charge in [0.15, 0.2) is 5.78 Å². The van der Waals surface area contributed by atoms with Crippen molar-refractivity contribution in [1.29, 1.82) is 0 Å². The van der Waals surface area contributed by atoms with E-state index in [0.29, 0.717) is 5.78 Å². The van der Waals surface area contributed by atoms with Gasteiger partial charge >= 0.3 is 0 Å². The molecule has 0 aromatic rings. The van der Waals surface area contributed by atoms with Crippen LogP contribution in [0.5, 0.6) is 0 Å². The van der Waals surface area contributed by atoms with Crippen LogP contribution in [-0.2, 0) is 4.79 Å². The minimum absolute atomic E-state index is 0.417. The summed E-state index contributed by atoms with van der Waals surface area (Å²) in [4.78, 5) is 11.5. The van der Waals surface area contributed by atoms with Gasteiger partial charge in [-0.1, -0.05) is 19.4 Å². The average Bonchev–Trinajstić information content (AvgIpc) is 2.10. The van der Waals surface area contributed by atoms with E-state index in [1.807, 2.05) is 0 Å². The van der Waals surface area contributed by atoms with E-state index in [2.05, 4.69) is 13.8 Å². The minimum atomic E-state index is 0.417. The van der Waals surface area contributed by atoms with Crippen LogP contribution in [-0.4, -0.2) is 5.78 Å². The first-order chi connectivity index (χ1) is 5.79.